The van der Waals surface area contributed by atoms with E-state index in [-0.39, 0.29) is 11.5 Å². The Morgan fingerprint density at radius 3 is 2.32 bits per heavy atom. The van der Waals surface area contributed by atoms with Gasteiger partial charge in [-0.15, -0.1) is 0 Å². The summed E-state index contributed by atoms with van der Waals surface area (Å²) in [5.74, 6) is 0. The first-order chi connectivity index (χ1) is 14.9. The summed E-state index contributed by atoms with van der Waals surface area (Å²) in [6.07, 6.45) is 0.839. The van der Waals surface area contributed by atoms with E-state index in [2.05, 4.69) is 0 Å². The smallest absolute Gasteiger partial charge is 0.297 e. The molecule has 0 radical (unpaired) electrons. The van der Waals surface area contributed by atoms with Crippen LogP contribution in [-0.2, 0) is 14.3 Å². The molecule has 0 aliphatic rings. The van der Waals surface area contributed by atoms with Crippen molar-refractivity contribution in [1.29, 1.82) is 0 Å². The number of hydrogen-bond acceptors (Lipinski definition) is 4. The molecule has 160 valence electrons. The van der Waals surface area contributed by atoms with Gasteiger partial charge in [0, 0.05) is 17.1 Å². The van der Waals surface area contributed by atoms with Gasteiger partial charge >= 0.3 is 0 Å². The molecular weight excluding hydrogens is 410 g/mol. The summed E-state index contributed by atoms with van der Waals surface area (Å²) in [7, 11) is -3.98. The van der Waals surface area contributed by atoms with Gasteiger partial charge in [0.25, 0.3) is 10.1 Å². The third kappa shape index (κ3) is 4.42. The zero-order chi connectivity index (χ0) is 22.0. The van der Waals surface area contributed by atoms with E-state index in [0.717, 1.165) is 27.6 Å². The molecule has 0 unspecified atom stereocenters. The van der Waals surface area contributed by atoms with Gasteiger partial charge in [-0.3, -0.25) is 4.18 Å². The molecule has 0 spiro atoms. The Hall–Kier alpha value is -2.93. The molecule has 0 aliphatic heterocycles. The zero-order valence-electron chi connectivity index (χ0n) is 17.5. The summed E-state index contributed by atoms with van der Waals surface area (Å²) in [5, 5.41) is 12.2. The number of fused-ring (bicyclic) bond motifs is 1. The Kier molecular flexibility index (Phi) is 5.96. The monoisotopic (exact) mass is 435 g/mol. The molecule has 5 nitrogen and oxygen atoms in total. The minimum atomic E-state index is -3.98. The highest BCUT2D eigenvalue weighted by Gasteiger charge is 2.27. The van der Waals surface area contributed by atoms with Gasteiger partial charge in [-0.05, 0) is 49.2 Å². The number of rotatable bonds is 7. The lowest BCUT2D eigenvalue weighted by molar-refractivity contribution is 0.0785. The van der Waals surface area contributed by atoms with Gasteiger partial charge in [0.1, 0.15) is 6.10 Å². The number of aryl methyl sites for hydroxylation is 2. The largest absolute Gasteiger partial charge is 0.388 e. The summed E-state index contributed by atoms with van der Waals surface area (Å²) in [5.41, 5.74) is 3.92. The lowest BCUT2D eigenvalue weighted by atomic mass is 10.0. The highest BCUT2D eigenvalue weighted by molar-refractivity contribution is 7.86. The van der Waals surface area contributed by atoms with E-state index in [4.69, 9.17) is 4.18 Å². The van der Waals surface area contributed by atoms with E-state index >= 15 is 0 Å². The summed E-state index contributed by atoms with van der Waals surface area (Å²) in [6, 6.07) is 23.5. The van der Waals surface area contributed by atoms with Crippen LogP contribution in [0.2, 0.25) is 0 Å². The topological polar surface area (TPSA) is 68.5 Å². The fourth-order valence-corrected chi connectivity index (χ4v) is 4.75. The highest BCUT2D eigenvalue weighted by Crippen LogP contribution is 2.30. The normalized spacial score (nSPS) is 13.9. The van der Waals surface area contributed by atoms with Gasteiger partial charge in [-0.2, -0.15) is 8.42 Å². The quantitative estimate of drug-likeness (QED) is 0.430. The second-order valence-electron chi connectivity index (χ2n) is 7.71. The van der Waals surface area contributed by atoms with Gasteiger partial charge in [0.05, 0.1) is 17.5 Å². The Morgan fingerprint density at radius 1 is 0.903 bits per heavy atom. The van der Waals surface area contributed by atoms with Gasteiger partial charge in [0.2, 0.25) is 0 Å². The minimum absolute atomic E-state index is 0.0728. The number of benzene rings is 3. The van der Waals surface area contributed by atoms with Gasteiger partial charge in [-0.25, -0.2) is 0 Å². The molecule has 0 bridgehead atoms. The molecule has 31 heavy (non-hydrogen) atoms. The van der Waals surface area contributed by atoms with Crippen molar-refractivity contribution < 1.29 is 17.7 Å². The first-order valence-electron chi connectivity index (χ1n) is 10.1. The van der Waals surface area contributed by atoms with Gasteiger partial charge in [-0.1, -0.05) is 60.2 Å². The van der Waals surface area contributed by atoms with Crippen LogP contribution in [0.5, 0.6) is 0 Å². The van der Waals surface area contributed by atoms with Crippen LogP contribution in [0.15, 0.2) is 90.0 Å². The lowest BCUT2D eigenvalue weighted by Gasteiger charge is -2.26. The molecular formula is C25H25NO4S. The van der Waals surface area contributed by atoms with Crippen LogP contribution < -0.4 is 0 Å². The SMILES string of the molecule is Cc1ccc(S(=O)(=O)OC[C@@H](O)[C@H](c2ccccc2)n2ccc3c(C)cccc32)cc1. The molecule has 0 saturated heterocycles. The lowest BCUT2D eigenvalue weighted by Crippen LogP contribution is -2.30. The fourth-order valence-electron chi connectivity index (χ4n) is 3.83. The Balaban J connectivity index is 1.66. The molecule has 4 aromatic rings. The predicted octanol–water partition coefficient (Wildman–Crippen LogP) is 4.61. The maximum atomic E-state index is 12.6. The summed E-state index contributed by atoms with van der Waals surface area (Å²) < 4.78 is 32.5. The maximum absolute atomic E-state index is 12.6. The molecule has 1 N–H and O–H groups in total. The van der Waals surface area contributed by atoms with Crippen LogP contribution in [0.25, 0.3) is 10.9 Å². The van der Waals surface area contributed by atoms with Crippen LogP contribution in [-0.4, -0.2) is 30.8 Å². The predicted molar refractivity (Wildman–Crippen MR) is 122 cm³/mol. The standard InChI is InChI=1S/C25H25NO4S/c1-18-11-13-21(14-12-18)31(28,29)30-17-24(27)25(20-8-4-3-5-9-20)26-16-15-22-19(2)7-6-10-23(22)26/h3-16,24-25,27H,17H2,1-2H3/t24-,25+/m1/s1. The van der Waals surface area contributed by atoms with Crippen molar-refractivity contribution in [3.05, 3.63) is 102 Å². The van der Waals surface area contributed by atoms with E-state index in [1.54, 1.807) is 12.1 Å². The van der Waals surface area contributed by atoms with E-state index in [1.807, 2.05) is 79.2 Å². The first-order valence-corrected chi connectivity index (χ1v) is 11.5. The highest BCUT2D eigenvalue weighted by atomic mass is 32.2. The molecule has 1 heterocycles. The molecule has 0 amide bonds. The van der Waals surface area contributed by atoms with Crippen LogP contribution in [0.4, 0.5) is 0 Å². The van der Waals surface area contributed by atoms with Crippen molar-refractivity contribution in [3.63, 3.8) is 0 Å². The van der Waals surface area contributed by atoms with Crippen LogP contribution >= 0.6 is 0 Å². The third-order valence-electron chi connectivity index (χ3n) is 5.49. The van der Waals surface area contributed by atoms with Crippen molar-refractivity contribution in [1.82, 2.24) is 4.57 Å². The van der Waals surface area contributed by atoms with Crippen molar-refractivity contribution in [2.45, 2.75) is 30.9 Å². The summed E-state index contributed by atoms with van der Waals surface area (Å²) in [4.78, 5) is 0.0728. The Bertz CT molecular complexity index is 1280. The molecule has 2 atom stereocenters. The Labute approximate surface area is 182 Å². The molecule has 6 heteroatoms. The summed E-state index contributed by atoms with van der Waals surface area (Å²) >= 11 is 0. The van der Waals surface area contributed by atoms with E-state index in [1.165, 1.54) is 12.1 Å². The number of hydrogen-bond donors (Lipinski definition) is 1. The average Bonchev–Trinajstić information content (AvgIpc) is 3.19. The second-order valence-corrected chi connectivity index (χ2v) is 9.32. The molecule has 3 aromatic carbocycles. The molecule has 0 fully saturated rings. The number of aliphatic hydroxyl groups excluding tert-OH is 1. The van der Waals surface area contributed by atoms with E-state index < -0.39 is 22.3 Å². The zero-order valence-corrected chi connectivity index (χ0v) is 18.3. The van der Waals surface area contributed by atoms with Gasteiger partial charge in [0.15, 0.2) is 0 Å². The summed E-state index contributed by atoms with van der Waals surface area (Å²) in [6.45, 7) is 3.56. The number of aliphatic hydroxyl groups is 1. The van der Waals surface area contributed by atoms with Crippen molar-refractivity contribution >= 4 is 21.0 Å². The van der Waals surface area contributed by atoms with Crippen molar-refractivity contribution in [2.75, 3.05) is 6.61 Å². The first kappa shape index (κ1) is 21.3. The second kappa shape index (κ2) is 8.67. The molecule has 0 aliphatic carbocycles. The molecule has 4 rings (SSSR count). The van der Waals surface area contributed by atoms with Crippen molar-refractivity contribution in [3.8, 4) is 0 Å². The van der Waals surface area contributed by atoms with Crippen LogP contribution in [0, 0.1) is 13.8 Å². The van der Waals surface area contributed by atoms with Crippen molar-refractivity contribution in [2.24, 2.45) is 0 Å². The van der Waals surface area contributed by atoms with E-state index in [0.29, 0.717) is 0 Å². The fraction of sp³-hybridized carbons (Fsp3) is 0.200. The minimum Gasteiger partial charge on any atom is -0.388 e. The van der Waals surface area contributed by atoms with Crippen LogP contribution in [0.1, 0.15) is 22.7 Å². The number of nitrogens with zero attached hydrogens (tertiary/aromatic N) is 1. The Morgan fingerprint density at radius 2 is 1.61 bits per heavy atom. The molecule has 0 saturated carbocycles. The molecule has 1 aromatic heterocycles. The third-order valence-corrected chi connectivity index (χ3v) is 6.79. The van der Waals surface area contributed by atoms with E-state index in [9.17, 15) is 13.5 Å². The van der Waals surface area contributed by atoms with Gasteiger partial charge < -0.3 is 9.67 Å². The number of aromatic nitrogens is 1. The average molecular weight is 436 g/mol. The maximum Gasteiger partial charge on any atom is 0.297 e. The van der Waals surface area contributed by atoms with Crippen LogP contribution in [0.3, 0.4) is 0 Å².